The third-order valence-electron chi connectivity index (χ3n) is 2.97. The monoisotopic (exact) mass is 309 g/mol. The van der Waals surface area contributed by atoms with Crippen molar-refractivity contribution in [3.63, 3.8) is 0 Å². The Morgan fingerprint density at radius 1 is 1.52 bits per heavy atom. The number of carbonyl (C=O) groups is 1. The number of rotatable bonds is 4. The van der Waals surface area contributed by atoms with Gasteiger partial charge < -0.3 is 21.2 Å². The largest absolute Gasteiger partial charge is 0.490 e. The van der Waals surface area contributed by atoms with Gasteiger partial charge in [-0.1, -0.05) is 11.6 Å². The van der Waals surface area contributed by atoms with Gasteiger partial charge >= 0.3 is 0 Å². The molecule has 0 bridgehead atoms. The van der Waals surface area contributed by atoms with Gasteiger partial charge in [-0.05, 0) is 18.2 Å². The van der Waals surface area contributed by atoms with E-state index in [1.807, 2.05) is 0 Å². The van der Waals surface area contributed by atoms with Gasteiger partial charge in [0.1, 0.15) is 18.1 Å². The van der Waals surface area contributed by atoms with Crippen molar-refractivity contribution >= 4 is 34.4 Å². The number of amides is 1. The fourth-order valence-corrected chi connectivity index (χ4v) is 2.07. The van der Waals surface area contributed by atoms with Crippen molar-refractivity contribution in [2.45, 2.75) is 0 Å². The first-order valence-corrected chi connectivity index (χ1v) is 6.59. The number of halogens is 1. The zero-order valence-electron chi connectivity index (χ0n) is 11.4. The predicted molar refractivity (Wildman–Crippen MR) is 81.9 cm³/mol. The molecule has 0 fully saturated rings. The second-order valence-corrected chi connectivity index (χ2v) is 4.81. The Morgan fingerprint density at radius 3 is 2.86 bits per heavy atom. The van der Waals surface area contributed by atoms with Gasteiger partial charge in [0.25, 0.3) is 5.91 Å². The molecular formula is C13H16ClN5O2. The Morgan fingerprint density at radius 2 is 2.24 bits per heavy atom. The van der Waals surface area contributed by atoms with Gasteiger partial charge in [-0.3, -0.25) is 15.1 Å². The van der Waals surface area contributed by atoms with Crippen LogP contribution in [0.25, 0.3) is 10.9 Å². The summed E-state index contributed by atoms with van der Waals surface area (Å²) in [6.07, 6.45) is 0. The molecule has 1 aromatic heterocycles. The molecule has 1 aromatic carbocycles. The Bertz CT molecular complexity index is 697. The van der Waals surface area contributed by atoms with Gasteiger partial charge in [0, 0.05) is 19.0 Å². The maximum atomic E-state index is 12.2. The van der Waals surface area contributed by atoms with Crippen LogP contribution >= 0.6 is 11.6 Å². The third-order valence-corrected chi connectivity index (χ3v) is 3.30. The number of hydrogen-bond acceptors (Lipinski definition) is 4. The maximum Gasteiger partial charge on any atom is 0.276 e. The van der Waals surface area contributed by atoms with Gasteiger partial charge in [-0.2, -0.15) is 0 Å². The van der Waals surface area contributed by atoms with E-state index in [-0.39, 0.29) is 11.7 Å². The average Bonchev–Trinajstić information content (AvgIpc) is 2.91. The first-order chi connectivity index (χ1) is 9.95. The summed E-state index contributed by atoms with van der Waals surface area (Å²) in [7, 11) is 1.42. The Labute approximate surface area is 126 Å². The molecular weight excluding hydrogens is 294 g/mol. The molecule has 0 aliphatic rings. The summed E-state index contributed by atoms with van der Waals surface area (Å²) in [5.41, 5.74) is 11.6. The van der Waals surface area contributed by atoms with Crippen LogP contribution in [0.4, 0.5) is 0 Å². The lowest BCUT2D eigenvalue weighted by molar-refractivity contribution is 0.0864. The lowest BCUT2D eigenvalue weighted by Gasteiger charge is -2.12. The summed E-state index contributed by atoms with van der Waals surface area (Å²) in [6, 6.07) is 5.00. The quantitative estimate of drug-likeness (QED) is 0.499. The lowest BCUT2D eigenvalue weighted by Crippen LogP contribution is -2.38. The van der Waals surface area contributed by atoms with Gasteiger partial charge in [-0.25, -0.2) is 0 Å². The lowest BCUT2D eigenvalue weighted by atomic mass is 10.2. The average molecular weight is 310 g/mol. The molecule has 1 amide bonds. The molecule has 0 aliphatic carbocycles. The van der Waals surface area contributed by atoms with E-state index in [9.17, 15) is 4.79 Å². The summed E-state index contributed by atoms with van der Waals surface area (Å²) in [4.78, 5) is 16.1. The number of fused-ring (bicyclic) bond motifs is 1. The van der Waals surface area contributed by atoms with Gasteiger partial charge in [0.15, 0.2) is 5.96 Å². The van der Waals surface area contributed by atoms with Crippen molar-refractivity contribution in [1.29, 1.82) is 5.41 Å². The number of aromatic nitrogens is 1. The van der Waals surface area contributed by atoms with E-state index in [1.54, 1.807) is 18.2 Å². The maximum absolute atomic E-state index is 12.2. The fourth-order valence-electron chi connectivity index (χ4n) is 1.85. The van der Waals surface area contributed by atoms with Crippen LogP contribution < -0.4 is 16.2 Å². The van der Waals surface area contributed by atoms with Crippen LogP contribution in [-0.2, 0) is 0 Å². The van der Waals surface area contributed by atoms with E-state index in [0.29, 0.717) is 34.8 Å². The molecule has 0 spiro atoms. The number of nitrogens with two attached hydrogens (primary N) is 2. The van der Waals surface area contributed by atoms with Crippen molar-refractivity contribution in [3.05, 3.63) is 28.9 Å². The van der Waals surface area contributed by atoms with Crippen molar-refractivity contribution < 1.29 is 9.53 Å². The normalized spacial score (nSPS) is 10.6. The highest BCUT2D eigenvalue weighted by molar-refractivity contribution is 6.35. The van der Waals surface area contributed by atoms with Crippen molar-refractivity contribution in [2.24, 2.45) is 11.5 Å². The number of H-pyrrole nitrogens is 1. The molecule has 0 saturated carbocycles. The molecule has 0 saturated heterocycles. The molecule has 2 rings (SSSR count). The topological polar surface area (TPSA) is 121 Å². The smallest absolute Gasteiger partial charge is 0.276 e. The number of benzene rings is 1. The Hall–Kier alpha value is -2.25. The minimum atomic E-state index is -0.431. The van der Waals surface area contributed by atoms with Crippen molar-refractivity contribution in [3.8, 4) is 5.75 Å². The molecule has 8 heteroatoms. The minimum Gasteiger partial charge on any atom is -0.490 e. The molecule has 0 radical (unpaired) electrons. The Balaban J connectivity index is 2.47. The first-order valence-electron chi connectivity index (χ1n) is 6.22. The third kappa shape index (κ3) is 2.93. The molecule has 1 heterocycles. The number of nitrogens with zero attached hydrogens (tertiary/aromatic N) is 1. The van der Waals surface area contributed by atoms with Crippen LogP contribution in [0.1, 0.15) is 10.5 Å². The van der Waals surface area contributed by atoms with E-state index in [2.05, 4.69) is 4.98 Å². The second kappa shape index (κ2) is 6.02. The number of ether oxygens (including phenoxy) is 1. The minimum absolute atomic E-state index is 0.272. The zero-order chi connectivity index (χ0) is 15.6. The first kappa shape index (κ1) is 15.1. The second-order valence-electron chi connectivity index (χ2n) is 4.40. The Kier molecular flexibility index (Phi) is 4.35. The van der Waals surface area contributed by atoms with E-state index >= 15 is 0 Å². The van der Waals surface area contributed by atoms with Crippen LogP contribution in [-0.4, -0.2) is 41.9 Å². The molecule has 6 N–H and O–H groups in total. The summed E-state index contributed by atoms with van der Waals surface area (Å²) in [5.74, 6) is -0.215. The van der Waals surface area contributed by atoms with Crippen LogP contribution in [0, 0.1) is 5.41 Å². The predicted octanol–water partition coefficient (Wildman–Crippen LogP) is 1.12. The fraction of sp³-hybridized carbons (Fsp3) is 0.231. The SMILES string of the molecule is CN(C(=N)N)C(=O)c1cc2c(Cl)ccc(OCCN)c2[nH]1. The van der Waals surface area contributed by atoms with E-state index < -0.39 is 5.91 Å². The van der Waals surface area contributed by atoms with Gasteiger partial charge in [-0.15, -0.1) is 0 Å². The van der Waals surface area contributed by atoms with Crippen LogP contribution in [0.5, 0.6) is 5.75 Å². The van der Waals surface area contributed by atoms with Crippen molar-refractivity contribution in [2.75, 3.05) is 20.2 Å². The number of hydrogen-bond donors (Lipinski definition) is 4. The highest BCUT2D eigenvalue weighted by Gasteiger charge is 2.18. The summed E-state index contributed by atoms with van der Waals surface area (Å²) in [6.45, 7) is 0.732. The molecule has 0 unspecified atom stereocenters. The summed E-state index contributed by atoms with van der Waals surface area (Å²) < 4.78 is 5.52. The molecule has 112 valence electrons. The highest BCUT2D eigenvalue weighted by Crippen LogP contribution is 2.32. The molecule has 2 aromatic rings. The van der Waals surface area contributed by atoms with Crippen LogP contribution in [0.2, 0.25) is 5.02 Å². The summed E-state index contributed by atoms with van der Waals surface area (Å²) >= 11 is 6.13. The summed E-state index contributed by atoms with van der Waals surface area (Å²) in [5, 5.41) is 8.44. The zero-order valence-corrected chi connectivity index (χ0v) is 12.2. The standard InChI is InChI=1S/C13H16ClN5O2/c1-19(13(16)17)12(20)9-6-7-8(14)2-3-10(11(7)18-9)21-5-4-15/h2-3,6,18H,4-5,15H2,1H3,(H3,16,17). The number of carbonyl (C=O) groups excluding carboxylic acids is 1. The van der Waals surface area contributed by atoms with E-state index in [0.717, 1.165) is 4.90 Å². The molecule has 0 atom stereocenters. The highest BCUT2D eigenvalue weighted by atomic mass is 35.5. The number of nitrogens with one attached hydrogen (secondary N) is 2. The van der Waals surface area contributed by atoms with Crippen LogP contribution in [0.15, 0.2) is 18.2 Å². The van der Waals surface area contributed by atoms with E-state index in [4.69, 9.17) is 33.2 Å². The number of aromatic amines is 1. The molecule has 7 nitrogen and oxygen atoms in total. The number of guanidine groups is 1. The molecule has 0 aliphatic heterocycles. The van der Waals surface area contributed by atoms with Crippen LogP contribution in [0.3, 0.4) is 0 Å². The van der Waals surface area contributed by atoms with Gasteiger partial charge in [0.2, 0.25) is 0 Å². The van der Waals surface area contributed by atoms with Gasteiger partial charge in [0.05, 0.1) is 10.5 Å². The van der Waals surface area contributed by atoms with Crippen molar-refractivity contribution in [1.82, 2.24) is 9.88 Å². The van der Waals surface area contributed by atoms with E-state index in [1.165, 1.54) is 7.05 Å². The molecule has 21 heavy (non-hydrogen) atoms.